The van der Waals surface area contributed by atoms with Crippen LogP contribution in [0.15, 0.2) is 35.3 Å². The zero-order chi connectivity index (χ0) is 11.4. The molecule has 0 aliphatic heterocycles. The Bertz CT molecular complexity index is 392. The Morgan fingerprint density at radius 2 is 2.33 bits per heavy atom. The second-order valence-electron chi connectivity index (χ2n) is 3.13. The summed E-state index contributed by atoms with van der Waals surface area (Å²) in [5.41, 5.74) is 0.414. The summed E-state index contributed by atoms with van der Waals surface area (Å²) in [6, 6.07) is 4.02. The van der Waals surface area contributed by atoms with Crippen molar-refractivity contribution in [2.75, 3.05) is 0 Å². The van der Waals surface area contributed by atoms with Gasteiger partial charge in [-0.05, 0) is 41.1 Å². The van der Waals surface area contributed by atoms with Crippen LogP contribution in [0.4, 0.5) is 4.39 Å². The molecule has 1 unspecified atom stereocenters. The molecule has 0 bridgehead atoms. The van der Waals surface area contributed by atoms with Crippen molar-refractivity contribution >= 4 is 21.8 Å². The molecule has 0 aliphatic carbocycles. The summed E-state index contributed by atoms with van der Waals surface area (Å²) in [6.45, 7) is 5.36. The molecule has 15 heavy (non-hydrogen) atoms. The van der Waals surface area contributed by atoms with Crippen LogP contribution in [0.5, 0.6) is 0 Å². The maximum Gasteiger partial charge on any atom is 0.251 e. The average molecular weight is 272 g/mol. The van der Waals surface area contributed by atoms with Crippen molar-refractivity contribution < 1.29 is 9.18 Å². The Morgan fingerprint density at radius 1 is 1.67 bits per heavy atom. The molecule has 1 atom stereocenters. The maximum atomic E-state index is 12.9. The molecule has 0 fully saturated rings. The Morgan fingerprint density at radius 3 is 2.87 bits per heavy atom. The van der Waals surface area contributed by atoms with Crippen LogP contribution in [0, 0.1) is 5.82 Å². The Labute approximate surface area is 96.3 Å². The second-order valence-corrected chi connectivity index (χ2v) is 3.98. The average Bonchev–Trinajstić information content (AvgIpc) is 2.21. The number of halogens is 2. The standard InChI is InChI=1S/C11H11BrFNO/c1-3-7(2)14-11(15)8-4-5-10(13)9(12)6-8/h3-7H,1H2,2H3,(H,14,15). The lowest BCUT2D eigenvalue weighted by Crippen LogP contribution is -2.30. The molecule has 0 saturated heterocycles. The van der Waals surface area contributed by atoms with E-state index in [1.807, 2.05) is 6.92 Å². The summed E-state index contributed by atoms with van der Waals surface area (Å²) >= 11 is 3.02. The van der Waals surface area contributed by atoms with Crippen LogP contribution in [0.25, 0.3) is 0 Å². The minimum absolute atomic E-state index is 0.110. The molecule has 0 radical (unpaired) electrons. The van der Waals surface area contributed by atoms with E-state index in [4.69, 9.17) is 0 Å². The minimum atomic E-state index is -0.386. The van der Waals surface area contributed by atoms with E-state index >= 15 is 0 Å². The topological polar surface area (TPSA) is 29.1 Å². The normalized spacial score (nSPS) is 11.9. The molecule has 1 aromatic rings. The van der Waals surface area contributed by atoms with Crippen LogP contribution in [-0.2, 0) is 0 Å². The summed E-state index contributed by atoms with van der Waals surface area (Å²) in [5.74, 6) is -0.633. The SMILES string of the molecule is C=CC(C)NC(=O)c1ccc(F)c(Br)c1. The van der Waals surface area contributed by atoms with E-state index in [0.717, 1.165) is 0 Å². The predicted octanol–water partition coefficient (Wildman–Crippen LogP) is 2.89. The van der Waals surface area contributed by atoms with Crippen LogP contribution in [0.1, 0.15) is 17.3 Å². The lowest BCUT2D eigenvalue weighted by atomic mass is 10.2. The lowest BCUT2D eigenvalue weighted by Gasteiger charge is -2.09. The van der Waals surface area contributed by atoms with Crippen LogP contribution in [-0.4, -0.2) is 11.9 Å². The molecule has 0 saturated carbocycles. The fourth-order valence-electron chi connectivity index (χ4n) is 0.986. The molecule has 1 aromatic carbocycles. The van der Waals surface area contributed by atoms with Gasteiger partial charge in [-0.1, -0.05) is 6.08 Å². The van der Waals surface area contributed by atoms with Crippen molar-refractivity contribution in [1.82, 2.24) is 5.32 Å². The summed E-state index contributed by atoms with van der Waals surface area (Å²) < 4.78 is 13.2. The monoisotopic (exact) mass is 271 g/mol. The zero-order valence-electron chi connectivity index (χ0n) is 8.26. The van der Waals surface area contributed by atoms with Crippen molar-refractivity contribution in [3.63, 3.8) is 0 Å². The van der Waals surface area contributed by atoms with Gasteiger partial charge in [0.15, 0.2) is 0 Å². The molecule has 4 heteroatoms. The fourth-order valence-corrected chi connectivity index (χ4v) is 1.37. The Balaban J connectivity index is 2.83. The number of hydrogen-bond donors (Lipinski definition) is 1. The van der Waals surface area contributed by atoms with E-state index in [1.165, 1.54) is 18.2 Å². The van der Waals surface area contributed by atoms with Gasteiger partial charge >= 0.3 is 0 Å². The number of nitrogens with one attached hydrogen (secondary N) is 1. The van der Waals surface area contributed by atoms with Crippen LogP contribution >= 0.6 is 15.9 Å². The molecule has 1 rings (SSSR count). The first-order chi connectivity index (χ1) is 7.04. The highest BCUT2D eigenvalue weighted by atomic mass is 79.9. The molecule has 2 nitrogen and oxygen atoms in total. The predicted molar refractivity (Wildman–Crippen MR) is 61.2 cm³/mol. The molecule has 1 N–H and O–H groups in total. The van der Waals surface area contributed by atoms with Crippen molar-refractivity contribution in [2.24, 2.45) is 0 Å². The molecule has 0 aliphatic rings. The third-order valence-electron chi connectivity index (χ3n) is 1.89. The molecule has 1 amide bonds. The highest BCUT2D eigenvalue weighted by Crippen LogP contribution is 2.16. The van der Waals surface area contributed by atoms with E-state index in [9.17, 15) is 9.18 Å². The van der Waals surface area contributed by atoms with Gasteiger partial charge in [0.2, 0.25) is 0 Å². The van der Waals surface area contributed by atoms with E-state index < -0.39 is 0 Å². The van der Waals surface area contributed by atoms with E-state index in [0.29, 0.717) is 5.56 Å². The minimum Gasteiger partial charge on any atom is -0.346 e. The smallest absolute Gasteiger partial charge is 0.251 e. The molecular formula is C11H11BrFNO. The van der Waals surface area contributed by atoms with Gasteiger partial charge in [-0.25, -0.2) is 4.39 Å². The van der Waals surface area contributed by atoms with Gasteiger partial charge in [-0.15, -0.1) is 6.58 Å². The Hall–Kier alpha value is -1.16. The first kappa shape index (κ1) is 11.9. The van der Waals surface area contributed by atoms with Crippen molar-refractivity contribution in [1.29, 1.82) is 0 Å². The van der Waals surface area contributed by atoms with Gasteiger partial charge in [0.05, 0.1) is 4.47 Å². The lowest BCUT2D eigenvalue weighted by molar-refractivity contribution is 0.0947. The van der Waals surface area contributed by atoms with Gasteiger partial charge in [0.25, 0.3) is 5.91 Å². The van der Waals surface area contributed by atoms with Gasteiger partial charge in [0.1, 0.15) is 5.82 Å². The molecule has 0 aromatic heterocycles. The van der Waals surface area contributed by atoms with E-state index in [2.05, 4.69) is 27.8 Å². The molecule has 80 valence electrons. The van der Waals surface area contributed by atoms with Gasteiger partial charge in [-0.2, -0.15) is 0 Å². The van der Waals surface area contributed by atoms with Gasteiger partial charge < -0.3 is 5.32 Å². The first-order valence-electron chi connectivity index (χ1n) is 4.43. The Kier molecular flexibility index (Phi) is 4.03. The third-order valence-corrected chi connectivity index (χ3v) is 2.50. The third kappa shape index (κ3) is 3.16. The molecule has 0 spiro atoms. The molecular weight excluding hydrogens is 261 g/mol. The highest BCUT2D eigenvalue weighted by molar-refractivity contribution is 9.10. The number of hydrogen-bond acceptors (Lipinski definition) is 1. The van der Waals surface area contributed by atoms with Crippen LogP contribution in [0.2, 0.25) is 0 Å². The van der Waals surface area contributed by atoms with Gasteiger partial charge in [0, 0.05) is 11.6 Å². The number of carbonyl (C=O) groups is 1. The first-order valence-corrected chi connectivity index (χ1v) is 5.22. The number of benzene rings is 1. The summed E-state index contributed by atoms with van der Waals surface area (Å²) in [4.78, 5) is 11.6. The van der Waals surface area contributed by atoms with Crippen molar-refractivity contribution in [3.05, 3.63) is 46.7 Å². The highest BCUT2D eigenvalue weighted by Gasteiger charge is 2.09. The number of rotatable bonds is 3. The van der Waals surface area contributed by atoms with Crippen LogP contribution in [0.3, 0.4) is 0 Å². The number of carbonyl (C=O) groups excluding carboxylic acids is 1. The largest absolute Gasteiger partial charge is 0.346 e. The van der Waals surface area contributed by atoms with E-state index in [1.54, 1.807) is 6.08 Å². The zero-order valence-corrected chi connectivity index (χ0v) is 9.84. The van der Waals surface area contributed by atoms with Crippen molar-refractivity contribution in [3.8, 4) is 0 Å². The number of amides is 1. The quantitative estimate of drug-likeness (QED) is 0.842. The second kappa shape index (κ2) is 5.07. The summed E-state index contributed by atoms with van der Waals surface area (Å²) in [5, 5.41) is 2.69. The van der Waals surface area contributed by atoms with E-state index in [-0.39, 0.29) is 22.2 Å². The summed E-state index contributed by atoms with van der Waals surface area (Å²) in [7, 11) is 0. The van der Waals surface area contributed by atoms with Crippen molar-refractivity contribution in [2.45, 2.75) is 13.0 Å². The summed E-state index contributed by atoms with van der Waals surface area (Å²) in [6.07, 6.45) is 1.62. The van der Waals surface area contributed by atoms with Crippen LogP contribution < -0.4 is 5.32 Å². The molecule has 0 heterocycles. The maximum absolute atomic E-state index is 12.9. The fraction of sp³-hybridized carbons (Fsp3) is 0.182. The van der Waals surface area contributed by atoms with Gasteiger partial charge in [-0.3, -0.25) is 4.79 Å².